The summed E-state index contributed by atoms with van der Waals surface area (Å²) in [6.07, 6.45) is 1.73. The largest absolute Gasteiger partial charge is 0.324 e. The van der Waals surface area contributed by atoms with E-state index < -0.39 is 0 Å². The van der Waals surface area contributed by atoms with Crippen LogP contribution in [0.3, 0.4) is 0 Å². The van der Waals surface area contributed by atoms with Gasteiger partial charge in [-0.25, -0.2) is 4.39 Å². The highest BCUT2D eigenvalue weighted by atomic mass is 32.2. The molecule has 1 fully saturated rings. The normalized spacial score (nSPS) is 14.0. The van der Waals surface area contributed by atoms with Crippen molar-refractivity contribution >= 4 is 35.0 Å². The van der Waals surface area contributed by atoms with Crippen molar-refractivity contribution in [2.24, 2.45) is 0 Å². The first kappa shape index (κ1) is 17.5. The molecule has 0 saturated carbocycles. The monoisotopic (exact) mass is 358 g/mol. The van der Waals surface area contributed by atoms with E-state index in [-0.39, 0.29) is 17.6 Å². The summed E-state index contributed by atoms with van der Waals surface area (Å²) in [4.78, 5) is 26.8. The Labute approximate surface area is 150 Å². The maximum atomic E-state index is 12.9. The van der Waals surface area contributed by atoms with Gasteiger partial charge >= 0.3 is 0 Å². The number of benzene rings is 2. The third-order valence-electron chi connectivity index (χ3n) is 3.95. The molecule has 2 aromatic carbocycles. The number of amides is 2. The lowest BCUT2D eigenvalue weighted by molar-refractivity contribution is -0.117. The quantitative estimate of drug-likeness (QED) is 0.792. The SMILES string of the molecule is O=C(CCSc1ccc(F)cc1)Nc1ccccc1N1CCCC1=O. The molecule has 0 aliphatic carbocycles. The van der Waals surface area contributed by atoms with Crippen molar-refractivity contribution in [3.63, 3.8) is 0 Å². The minimum absolute atomic E-state index is 0.0913. The third kappa shape index (κ3) is 4.60. The van der Waals surface area contributed by atoms with Crippen LogP contribution < -0.4 is 10.2 Å². The Balaban J connectivity index is 1.56. The molecule has 130 valence electrons. The van der Waals surface area contributed by atoms with E-state index in [1.807, 2.05) is 24.3 Å². The second-order valence-electron chi connectivity index (χ2n) is 5.77. The minimum atomic E-state index is -0.268. The van der Waals surface area contributed by atoms with E-state index in [0.717, 1.165) is 17.0 Å². The van der Waals surface area contributed by atoms with Gasteiger partial charge in [-0.1, -0.05) is 12.1 Å². The van der Waals surface area contributed by atoms with Crippen LogP contribution in [0.15, 0.2) is 53.4 Å². The van der Waals surface area contributed by atoms with Crippen molar-refractivity contribution in [3.8, 4) is 0 Å². The Kier molecular flexibility index (Phi) is 5.71. The third-order valence-corrected chi connectivity index (χ3v) is 4.97. The van der Waals surface area contributed by atoms with Crippen molar-refractivity contribution in [1.82, 2.24) is 0 Å². The maximum Gasteiger partial charge on any atom is 0.227 e. The summed E-state index contributed by atoms with van der Waals surface area (Å²) in [6, 6.07) is 13.6. The molecule has 0 spiro atoms. The van der Waals surface area contributed by atoms with Gasteiger partial charge in [0.2, 0.25) is 11.8 Å². The molecule has 0 aromatic heterocycles. The molecule has 0 atom stereocenters. The molecule has 0 unspecified atom stereocenters. The zero-order valence-corrected chi connectivity index (χ0v) is 14.5. The van der Waals surface area contributed by atoms with Crippen LogP contribution in [0, 0.1) is 5.82 Å². The van der Waals surface area contributed by atoms with Gasteiger partial charge < -0.3 is 10.2 Å². The smallest absolute Gasteiger partial charge is 0.227 e. The van der Waals surface area contributed by atoms with E-state index in [1.54, 1.807) is 17.0 Å². The first-order valence-corrected chi connectivity index (χ1v) is 9.19. The fourth-order valence-electron chi connectivity index (χ4n) is 2.72. The molecular formula is C19H19FN2O2S. The second-order valence-corrected chi connectivity index (χ2v) is 6.93. The van der Waals surface area contributed by atoms with Crippen LogP contribution in [-0.4, -0.2) is 24.1 Å². The average molecular weight is 358 g/mol. The first-order valence-electron chi connectivity index (χ1n) is 8.21. The molecule has 1 heterocycles. The van der Waals surface area contributed by atoms with Crippen molar-refractivity contribution < 1.29 is 14.0 Å². The molecule has 2 aromatic rings. The summed E-state index contributed by atoms with van der Waals surface area (Å²) < 4.78 is 12.9. The summed E-state index contributed by atoms with van der Waals surface area (Å²) in [5.74, 6) is 0.319. The minimum Gasteiger partial charge on any atom is -0.324 e. The fourth-order valence-corrected chi connectivity index (χ4v) is 3.57. The summed E-state index contributed by atoms with van der Waals surface area (Å²) in [6.45, 7) is 0.687. The Bertz CT molecular complexity index is 764. The molecule has 2 amide bonds. The molecule has 1 saturated heterocycles. The Morgan fingerprint density at radius 2 is 1.92 bits per heavy atom. The van der Waals surface area contributed by atoms with Crippen LogP contribution in [0.5, 0.6) is 0 Å². The highest BCUT2D eigenvalue weighted by Gasteiger charge is 2.24. The van der Waals surface area contributed by atoms with Gasteiger partial charge in [0.25, 0.3) is 0 Å². The number of nitrogens with zero attached hydrogens (tertiary/aromatic N) is 1. The van der Waals surface area contributed by atoms with Crippen LogP contribution in [0.2, 0.25) is 0 Å². The van der Waals surface area contributed by atoms with E-state index in [4.69, 9.17) is 0 Å². The zero-order valence-electron chi connectivity index (χ0n) is 13.7. The topological polar surface area (TPSA) is 49.4 Å². The first-order chi connectivity index (χ1) is 12.1. The Hall–Kier alpha value is -2.34. The number of rotatable bonds is 6. The Morgan fingerprint density at radius 3 is 2.64 bits per heavy atom. The van der Waals surface area contributed by atoms with E-state index in [2.05, 4.69) is 5.32 Å². The van der Waals surface area contributed by atoms with Gasteiger partial charge in [-0.05, 0) is 42.8 Å². The van der Waals surface area contributed by atoms with Crippen LogP contribution >= 0.6 is 11.8 Å². The van der Waals surface area contributed by atoms with Gasteiger partial charge in [0.05, 0.1) is 11.4 Å². The zero-order chi connectivity index (χ0) is 17.6. The van der Waals surface area contributed by atoms with E-state index in [9.17, 15) is 14.0 Å². The average Bonchev–Trinajstić information content (AvgIpc) is 3.03. The molecule has 3 rings (SSSR count). The summed E-state index contributed by atoms with van der Waals surface area (Å²) in [5, 5.41) is 2.90. The van der Waals surface area contributed by atoms with Gasteiger partial charge in [0, 0.05) is 30.0 Å². The van der Waals surface area contributed by atoms with Gasteiger partial charge in [-0.2, -0.15) is 0 Å². The number of para-hydroxylation sites is 2. The number of anilines is 2. The van der Waals surface area contributed by atoms with E-state index >= 15 is 0 Å². The number of carbonyl (C=O) groups is 2. The van der Waals surface area contributed by atoms with E-state index in [1.165, 1.54) is 23.9 Å². The van der Waals surface area contributed by atoms with Crippen molar-refractivity contribution in [2.75, 3.05) is 22.5 Å². The number of nitrogens with one attached hydrogen (secondary N) is 1. The second kappa shape index (κ2) is 8.16. The molecule has 6 heteroatoms. The lowest BCUT2D eigenvalue weighted by atomic mass is 10.2. The van der Waals surface area contributed by atoms with Gasteiger partial charge in [0.1, 0.15) is 5.82 Å². The summed E-state index contributed by atoms with van der Waals surface area (Å²) in [5.41, 5.74) is 1.42. The van der Waals surface area contributed by atoms with Crippen LogP contribution in [-0.2, 0) is 9.59 Å². The number of hydrogen-bond donors (Lipinski definition) is 1. The molecule has 1 N–H and O–H groups in total. The van der Waals surface area contributed by atoms with Crippen molar-refractivity contribution in [3.05, 3.63) is 54.3 Å². The number of thioether (sulfide) groups is 1. The standard InChI is InChI=1S/C19H19FN2O2S/c20-14-7-9-15(10-8-14)25-13-11-18(23)21-16-4-1-2-5-17(16)22-12-3-6-19(22)24/h1-2,4-5,7-10H,3,6,11-13H2,(H,21,23). The lowest BCUT2D eigenvalue weighted by Gasteiger charge is -2.19. The van der Waals surface area contributed by atoms with Crippen LogP contribution in [0.4, 0.5) is 15.8 Å². The molecular weight excluding hydrogens is 339 g/mol. The number of carbonyl (C=O) groups excluding carboxylic acids is 2. The predicted molar refractivity (Wildman–Crippen MR) is 98.4 cm³/mol. The predicted octanol–water partition coefficient (Wildman–Crippen LogP) is 4.07. The molecule has 1 aliphatic rings. The Morgan fingerprint density at radius 1 is 1.16 bits per heavy atom. The highest BCUT2D eigenvalue weighted by molar-refractivity contribution is 7.99. The lowest BCUT2D eigenvalue weighted by Crippen LogP contribution is -2.25. The van der Waals surface area contributed by atoms with Gasteiger partial charge in [0.15, 0.2) is 0 Å². The highest BCUT2D eigenvalue weighted by Crippen LogP contribution is 2.29. The molecule has 25 heavy (non-hydrogen) atoms. The summed E-state index contributed by atoms with van der Waals surface area (Å²) in [7, 11) is 0. The van der Waals surface area contributed by atoms with Gasteiger partial charge in [-0.3, -0.25) is 9.59 Å². The number of halogens is 1. The molecule has 0 radical (unpaired) electrons. The molecule has 1 aliphatic heterocycles. The maximum absolute atomic E-state index is 12.9. The van der Waals surface area contributed by atoms with E-state index in [0.29, 0.717) is 30.8 Å². The molecule has 0 bridgehead atoms. The van der Waals surface area contributed by atoms with Crippen LogP contribution in [0.1, 0.15) is 19.3 Å². The summed E-state index contributed by atoms with van der Waals surface area (Å²) >= 11 is 1.51. The van der Waals surface area contributed by atoms with Crippen LogP contribution in [0.25, 0.3) is 0 Å². The number of hydrogen-bond acceptors (Lipinski definition) is 3. The van der Waals surface area contributed by atoms with Crippen molar-refractivity contribution in [1.29, 1.82) is 0 Å². The fraction of sp³-hybridized carbons (Fsp3) is 0.263. The van der Waals surface area contributed by atoms with Crippen molar-refractivity contribution in [2.45, 2.75) is 24.2 Å². The molecule has 4 nitrogen and oxygen atoms in total. The van der Waals surface area contributed by atoms with Gasteiger partial charge in [-0.15, -0.1) is 11.8 Å².